The van der Waals surface area contributed by atoms with Gasteiger partial charge in [0, 0.05) is 18.5 Å². The highest BCUT2D eigenvalue weighted by molar-refractivity contribution is 5.81. The van der Waals surface area contributed by atoms with Crippen molar-refractivity contribution in [1.82, 2.24) is 10.2 Å². The number of likely N-dealkylation sites (tertiary alicyclic amines) is 1. The normalized spacial score (nSPS) is 25.6. The van der Waals surface area contributed by atoms with Crippen molar-refractivity contribution in [2.45, 2.75) is 32.8 Å². The van der Waals surface area contributed by atoms with Gasteiger partial charge in [-0.25, -0.2) is 0 Å². The molecule has 2 aliphatic heterocycles. The predicted molar refractivity (Wildman–Crippen MR) is 62.0 cm³/mol. The lowest BCUT2D eigenvalue weighted by Gasteiger charge is -2.53. The molecule has 1 spiro atoms. The molecule has 1 atom stereocenters. The van der Waals surface area contributed by atoms with Crippen LogP contribution >= 0.6 is 0 Å². The molecule has 0 aromatic carbocycles. The fourth-order valence-electron chi connectivity index (χ4n) is 2.66. The van der Waals surface area contributed by atoms with Gasteiger partial charge in [-0.05, 0) is 31.8 Å². The minimum atomic E-state index is -0.820. The number of hydrogen-bond donors (Lipinski definition) is 2. The van der Waals surface area contributed by atoms with Gasteiger partial charge >= 0.3 is 0 Å². The Balaban J connectivity index is 1.85. The van der Waals surface area contributed by atoms with Gasteiger partial charge in [-0.1, -0.05) is 13.8 Å². The van der Waals surface area contributed by atoms with Crippen molar-refractivity contribution in [2.75, 3.05) is 26.2 Å². The summed E-state index contributed by atoms with van der Waals surface area (Å²) in [5.41, 5.74) is 0.359. The molecule has 1 amide bonds. The molecule has 2 aliphatic rings. The average Bonchev–Trinajstić information content (AvgIpc) is 2.24. The van der Waals surface area contributed by atoms with Gasteiger partial charge in [0.1, 0.15) is 6.10 Å². The van der Waals surface area contributed by atoms with Gasteiger partial charge in [0.25, 0.3) is 5.91 Å². The standard InChI is InChI=1S/C12H22N2O2/c1-9(2)10(15)11(16)14-7-12(8-14)3-5-13-6-4-12/h9-10,13,15H,3-8H2,1-2H3. The lowest BCUT2D eigenvalue weighted by molar-refractivity contribution is -0.156. The van der Waals surface area contributed by atoms with E-state index >= 15 is 0 Å². The molecule has 92 valence electrons. The molecule has 1 unspecified atom stereocenters. The monoisotopic (exact) mass is 226 g/mol. The highest BCUT2D eigenvalue weighted by Crippen LogP contribution is 2.39. The summed E-state index contributed by atoms with van der Waals surface area (Å²) in [5.74, 6) is -0.0729. The van der Waals surface area contributed by atoms with Crippen molar-refractivity contribution in [3.63, 3.8) is 0 Å². The fraction of sp³-hybridized carbons (Fsp3) is 0.917. The number of carbonyl (C=O) groups is 1. The highest BCUT2D eigenvalue weighted by Gasteiger charge is 2.46. The van der Waals surface area contributed by atoms with Crippen LogP contribution in [0.2, 0.25) is 0 Å². The quantitative estimate of drug-likeness (QED) is 0.708. The van der Waals surface area contributed by atoms with Crippen molar-refractivity contribution in [1.29, 1.82) is 0 Å². The van der Waals surface area contributed by atoms with E-state index in [0.29, 0.717) is 5.41 Å². The van der Waals surface area contributed by atoms with Crippen LogP contribution < -0.4 is 5.32 Å². The molecule has 4 nitrogen and oxygen atoms in total. The molecule has 2 heterocycles. The van der Waals surface area contributed by atoms with Crippen LogP contribution in [-0.2, 0) is 4.79 Å². The van der Waals surface area contributed by atoms with Crippen molar-refractivity contribution in [3.05, 3.63) is 0 Å². The van der Waals surface area contributed by atoms with Crippen molar-refractivity contribution in [3.8, 4) is 0 Å². The van der Waals surface area contributed by atoms with Crippen LogP contribution in [0.1, 0.15) is 26.7 Å². The van der Waals surface area contributed by atoms with E-state index in [1.807, 2.05) is 18.7 Å². The Morgan fingerprint density at radius 1 is 1.31 bits per heavy atom. The molecule has 2 fully saturated rings. The van der Waals surface area contributed by atoms with E-state index in [-0.39, 0.29) is 11.8 Å². The zero-order chi connectivity index (χ0) is 11.8. The van der Waals surface area contributed by atoms with E-state index in [2.05, 4.69) is 5.32 Å². The van der Waals surface area contributed by atoms with Crippen LogP contribution in [0.25, 0.3) is 0 Å². The second kappa shape index (κ2) is 4.34. The number of nitrogens with zero attached hydrogens (tertiary/aromatic N) is 1. The van der Waals surface area contributed by atoms with Crippen LogP contribution in [0.15, 0.2) is 0 Å². The molecule has 2 saturated heterocycles. The van der Waals surface area contributed by atoms with Crippen LogP contribution in [0.4, 0.5) is 0 Å². The van der Waals surface area contributed by atoms with Crippen LogP contribution in [-0.4, -0.2) is 48.2 Å². The smallest absolute Gasteiger partial charge is 0.251 e. The molecule has 0 aromatic heterocycles. The Labute approximate surface area is 97.0 Å². The molecule has 0 aliphatic carbocycles. The van der Waals surface area contributed by atoms with E-state index in [4.69, 9.17) is 0 Å². The van der Waals surface area contributed by atoms with Crippen molar-refractivity contribution in [2.24, 2.45) is 11.3 Å². The van der Waals surface area contributed by atoms with Crippen LogP contribution in [0.3, 0.4) is 0 Å². The Morgan fingerprint density at radius 3 is 2.38 bits per heavy atom. The third kappa shape index (κ3) is 2.09. The maximum Gasteiger partial charge on any atom is 0.251 e. The number of piperidine rings is 1. The van der Waals surface area contributed by atoms with Gasteiger partial charge in [0.2, 0.25) is 0 Å². The fourth-order valence-corrected chi connectivity index (χ4v) is 2.66. The van der Waals surface area contributed by atoms with E-state index in [9.17, 15) is 9.90 Å². The number of nitrogens with one attached hydrogen (secondary N) is 1. The maximum atomic E-state index is 11.9. The molecule has 0 bridgehead atoms. The number of aliphatic hydroxyl groups excluding tert-OH is 1. The van der Waals surface area contributed by atoms with Gasteiger partial charge in [-0.3, -0.25) is 4.79 Å². The number of hydrogen-bond acceptors (Lipinski definition) is 3. The molecule has 0 aromatic rings. The van der Waals surface area contributed by atoms with Crippen LogP contribution in [0, 0.1) is 11.3 Å². The van der Waals surface area contributed by atoms with Crippen LogP contribution in [0.5, 0.6) is 0 Å². The van der Waals surface area contributed by atoms with Gasteiger partial charge < -0.3 is 15.3 Å². The topological polar surface area (TPSA) is 52.6 Å². The second-order valence-electron chi connectivity index (χ2n) is 5.63. The SMILES string of the molecule is CC(C)C(O)C(=O)N1CC2(CCNCC2)C1. The first-order valence-corrected chi connectivity index (χ1v) is 6.22. The number of rotatable bonds is 2. The summed E-state index contributed by atoms with van der Waals surface area (Å²) in [6, 6.07) is 0. The van der Waals surface area contributed by atoms with E-state index < -0.39 is 6.10 Å². The van der Waals surface area contributed by atoms with Gasteiger partial charge in [-0.2, -0.15) is 0 Å². The van der Waals surface area contributed by atoms with Crippen molar-refractivity contribution >= 4 is 5.91 Å². The van der Waals surface area contributed by atoms with Gasteiger partial charge in [-0.15, -0.1) is 0 Å². The number of carbonyl (C=O) groups excluding carboxylic acids is 1. The predicted octanol–water partition coefficient (Wildman–Crippen LogP) is 0.215. The first-order valence-electron chi connectivity index (χ1n) is 6.22. The number of amides is 1. The summed E-state index contributed by atoms with van der Waals surface area (Å²) in [5, 5.41) is 13.1. The molecule has 0 saturated carbocycles. The first kappa shape index (κ1) is 11.9. The molecular formula is C12H22N2O2. The molecule has 0 radical (unpaired) electrons. The third-order valence-electron chi connectivity index (χ3n) is 3.91. The average molecular weight is 226 g/mol. The summed E-state index contributed by atoms with van der Waals surface area (Å²) >= 11 is 0. The first-order chi connectivity index (χ1) is 7.54. The minimum Gasteiger partial charge on any atom is -0.383 e. The molecule has 2 rings (SSSR count). The Kier molecular flexibility index (Phi) is 3.22. The summed E-state index contributed by atoms with van der Waals surface area (Å²) < 4.78 is 0. The number of aliphatic hydroxyl groups is 1. The Morgan fingerprint density at radius 2 is 1.88 bits per heavy atom. The third-order valence-corrected chi connectivity index (χ3v) is 3.91. The largest absolute Gasteiger partial charge is 0.383 e. The van der Waals surface area contributed by atoms with Gasteiger partial charge in [0.15, 0.2) is 0 Å². The second-order valence-corrected chi connectivity index (χ2v) is 5.63. The molecular weight excluding hydrogens is 204 g/mol. The maximum absolute atomic E-state index is 11.9. The minimum absolute atomic E-state index is 0.0112. The summed E-state index contributed by atoms with van der Waals surface area (Å²) in [7, 11) is 0. The van der Waals surface area contributed by atoms with E-state index in [0.717, 1.165) is 39.0 Å². The lowest BCUT2D eigenvalue weighted by atomic mass is 9.72. The Hall–Kier alpha value is -0.610. The molecule has 4 heteroatoms. The van der Waals surface area contributed by atoms with E-state index in [1.54, 1.807) is 0 Å². The van der Waals surface area contributed by atoms with E-state index in [1.165, 1.54) is 0 Å². The summed E-state index contributed by atoms with van der Waals surface area (Å²) in [6.07, 6.45) is 1.50. The Bertz CT molecular complexity index is 264. The summed E-state index contributed by atoms with van der Waals surface area (Å²) in [6.45, 7) is 7.57. The lowest BCUT2D eigenvalue weighted by Crippen LogP contribution is -2.63. The molecule has 2 N–H and O–H groups in total. The van der Waals surface area contributed by atoms with Crippen molar-refractivity contribution < 1.29 is 9.90 Å². The van der Waals surface area contributed by atoms with Gasteiger partial charge in [0.05, 0.1) is 0 Å². The zero-order valence-electron chi connectivity index (χ0n) is 10.2. The summed E-state index contributed by atoms with van der Waals surface area (Å²) in [4.78, 5) is 13.7. The zero-order valence-corrected chi connectivity index (χ0v) is 10.2. The molecule has 16 heavy (non-hydrogen) atoms. The highest BCUT2D eigenvalue weighted by atomic mass is 16.3.